The van der Waals surface area contributed by atoms with Crippen LogP contribution >= 0.6 is 0 Å². The molecule has 1 aliphatic rings. The molecule has 8 heteroatoms. The van der Waals surface area contributed by atoms with Crippen molar-refractivity contribution in [1.82, 2.24) is 4.31 Å². The fourth-order valence-corrected chi connectivity index (χ4v) is 4.86. The zero-order valence-corrected chi connectivity index (χ0v) is 18.0. The average molecular weight is 431 g/mol. The number of piperidine rings is 1. The van der Waals surface area contributed by atoms with Gasteiger partial charge in [0, 0.05) is 18.8 Å². The van der Waals surface area contributed by atoms with E-state index in [1.165, 1.54) is 28.6 Å². The Morgan fingerprint density at radius 1 is 1.00 bits per heavy atom. The van der Waals surface area contributed by atoms with Gasteiger partial charge in [0.1, 0.15) is 0 Å². The number of rotatable bonds is 6. The molecule has 1 aliphatic heterocycles. The van der Waals surface area contributed by atoms with Crippen molar-refractivity contribution >= 4 is 27.6 Å². The van der Waals surface area contributed by atoms with Crippen molar-refractivity contribution in [2.24, 2.45) is 0 Å². The SMILES string of the molecule is Cc1cccc(C(=O)OCC(=O)Nc2ccc(S(=O)(=O)N3CCCCC3)cc2)c1C. The summed E-state index contributed by atoms with van der Waals surface area (Å²) in [5.74, 6) is -1.06. The van der Waals surface area contributed by atoms with E-state index < -0.39 is 28.5 Å². The van der Waals surface area contributed by atoms with Gasteiger partial charge in [0.2, 0.25) is 10.0 Å². The summed E-state index contributed by atoms with van der Waals surface area (Å²) in [6.45, 7) is 4.36. The van der Waals surface area contributed by atoms with Crippen molar-refractivity contribution < 1.29 is 22.7 Å². The third kappa shape index (κ3) is 5.06. The number of carbonyl (C=O) groups excluding carboxylic acids is 2. The number of aryl methyl sites for hydroxylation is 1. The van der Waals surface area contributed by atoms with E-state index >= 15 is 0 Å². The Morgan fingerprint density at radius 2 is 1.67 bits per heavy atom. The molecule has 1 saturated heterocycles. The number of sulfonamides is 1. The summed E-state index contributed by atoms with van der Waals surface area (Å²) in [6, 6.07) is 11.3. The van der Waals surface area contributed by atoms with Gasteiger partial charge in [-0.3, -0.25) is 4.79 Å². The molecule has 160 valence electrons. The molecule has 1 heterocycles. The Kier molecular flexibility index (Phi) is 6.89. The van der Waals surface area contributed by atoms with Crippen LogP contribution < -0.4 is 5.32 Å². The number of benzene rings is 2. The first kappa shape index (κ1) is 22.0. The summed E-state index contributed by atoms with van der Waals surface area (Å²) in [6.07, 6.45) is 2.79. The summed E-state index contributed by atoms with van der Waals surface area (Å²) < 4.78 is 31.9. The molecule has 7 nitrogen and oxygen atoms in total. The van der Waals surface area contributed by atoms with Crippen LogP contribution in [0.15, 0.2) is 47.4 Å². The van der Waals surface area contributed by atoms with E-state index in [2.05, 4.69) is 5.32 Å². The van der Waals surface area contributed by atoms with Crippen LogP contribution in [0.25, 0.3) is 0 Å². The van der Waals surface area contributed by atoms with Crippen molar-refractivity contribution in [2.45, 2.75) is 38.0 Å². The maximum atomic E-state index is 12.7. The highest BCUT2D eigenvalue weighted by atomic mass is 32.2. The fraction of sp³-hybridized carbons (Fsp3) is 0.364. The van der Waals surface area contributed by atoms with Crippen LogP contribution in [0.1, 0.15) is 40.7 Å². The van der Waals surface area contributed by atoms with Crippen LogP contribution in [-0.2, 0) is 19.6 Å². The normalized spacial score (nSPS) is 14.9. The molecule has 1 fully saturated rings. The third-order valence-corrected chi connectivity index (χ3v) is 7.16. The molecule has 0 saturated carbocycles. The average Bonchev–Trinajstić information content (AvgIpc) is 2.75. The second kappa shape index (κ2) is 9.40. The number of hydrogen-bond donors (Lipinski definition) is 1. The first-order valence-corrected chi connectivity index (χ1v) is 11.4. The molecule has 0 aromatic heterocycles. The molecule has 0 bridgehead atoms. The third-order valence-electron chi connectivity index (χ3n) is 5.25. The van der Waals surface area contributed by atoms with Gasteiger partial charge >= 0.3 is 5.97 Å². The number of ether oxygens (including phenoxy) is 1. The first-order valence-electron chi connectivity index (χ1n) is 9.92. The fourth-order valence-electron chi connectivity index (χ4n) is 3.34. The van der Waals surface area contributed by atoms with Gasteiger partial charge in [-0.25, -0.2) is 13.2 Å². The van der Waals surface area contributed by atoms with Crippen LogP contribution in [0.4, 0.5) is 5.69 Å². The van der Waals surface area contributed by atoms with E-state index in [-0.39, 0.29) is 4.90 Å². The lowest BCUT2D eigenvalue weighted by Gasteiger charge is -2.25. The van der Waals surface area contributed by atoms with E-state index in [1.54, 1.807) is 12.1 Å². The molecule has 0 radical (unpaired) electrons. The summed E-state index contributed by atoms with van der Waals surface area (Å²) in [5.41, 5.74) is 2.64. The first-order chi connectivity index (χ1) is 14.3. The van der Waals surface area contributed by atoms with Crippen molar-refractivity contribution in [3.8, 4) is 0 Å². The molecule has 3 rings (SSSR count). The van der Waals surface area contributed by atoms with Gasteiger partial charge in [-0.15, -0.1) is 0 Å². The minimum Gasteiger partial charge on any atom is -0.452 e. The standard InChI is InChI=1S/C22H26N2O5S/c1-16-7-6-8-20(17(16)2)22(26)29-15-21(25)23-18-9-11-19(12-10-18)30(27,28)24-13-4-3-5-14-24/h6-12H,3-5,13-15H2,1-2H3,(H,23,25). The van der Waals surface area contributed by atoms with Crippen LogP contribution in [0.5, 0.6) is 0 Å². The lowest BCUT2D eigenvalue weighted by molar-refractivity contribution is -0.119. The maximum absolute atomic E-state index is 12.7. The number of nitrogens with one attached hydrogen (secondary N) is 1. The Bertz CT molecular complexity index is 1030. The molecule has 0 aliphatic carbocycles. The van der Waals surface area contributed by atoms with E-state index in [4.69, 9.17) is 4.74 Å². The number of esters is 1. The Balaban J connectivity index is 1.57. The van der Waals surface area contributed by atoms with E-state index in [0.29, 0.717) is 24.3 Å². The molecule has 1 N–H and O–H groups in total. The van der Waals surface area contributed by atoms with E-state index in [9.17, 15) is 18.0 Å². The lowest BCUT2D eigenvalue weighted by atomic mass is 10.0. The molecule has 30 heavy (non-hydrogen) atoms. The highest BCUT2D eigenvalue weighted by Gasteiger charge is 2.25. The molecule has 1 amide bonds. The minimum atomic E-state index is -3.52. The molecule has 2 aromatic carbocycles. The summed E-state index contributed by atoms with van der Waals surface area (Å²) in [5, 5.41) is 2.61. The topological polar surface area (TPSA) is 92.8 Å². The van der Waals surface area contributed by atoms with E-state index in [0.717, 1.165) is 30.4 Å². The van der Waals surface area contributed by atoms with Crippen LogP contribution in [0, 0.1) is 13.8 Å². The Hall–Kier alpha value is -2.71. The molecular formula is C22H26N2O5S. The zero-order chi connectivity index (χ0) is 21.7. The van der Waals surface area contributed by atoms with Crippen molar-refractivity contribution in [1.29, 1.82) is 0 Å². The Morgan fingerprint density at radius 3 is 2.33 bits per heavy atom. The largest absolute Gasteiger partial charge is 0.452 e. The van der Waals surface area contributed by atoms with Crippen molar-refractivity contribution in [2.75, 3.05) is 25.0 Å². The van der Waals surface area contributed by atoms with Crippen molar-refractivity contribution in [3.63, 3.8) is 0 Å². The predicted molar refractivity (Wildman–Crippen MR) is 114 cm³/mol. The number of anilines is 1. The van der Waals surface area contributed by atoms with Gasteiger partial charge in [-0.2, -0.15) is 4.31 Å². The number of amides is 1. The number of hydrogen-bond acceptors (Lipinski definition) is 5. The minimum absolute atomic E-state index is 0.198. The van der Waals surface area contributed by atoms with Gasteiger partial charge in [-0.05, 0) is 68.1 Å². The molecule has 0 spiro atoms. The summed E-state index contributed by atoms with van der Waals surface area (Å²) in [4.78, 5) is 24.5. The summed E-state index contributed by atoms with van der Waals surface area (Å²) >= 11 is 0. The lowest BCUT2D eigenvalue weighted by Crippen LogP contribution is -2.35. The maximum Gasteiger partial charge on any atom is 0.338 e. The molecule has 0 atom stereocenters. The van der Waals surface area contributed by atoms with Gasteiger partial charge in [0.05, 0.1) is 10.5 Å². The monoisotopic (exact) mass is 430 g/mol. The van der Waals surface area contributed by atoms with Gasteiger partial charge in [0.15, 0.2) is 6.61 Å². The number of nitrogens with zero attached hydrogens (tertiary/aromatic N) is 1. The smallest absolute Gasteiger partial charge is 0.338 e. The Labute approximate surface area is 177 Å². The summed E-state index contributed by atoms with van der Waals surface area (Å²) in [7, 11) is -3.52. The van der Waals surface area contributed by atoms with Gasteiger partial charge in [-0.1, -0.05) is 18.6 Å². The molecule has 2 aromatic rings. The van der Waals surface area contributed by atoms with Crippen molar-refractivity contribution in [3.05, 3.63) is 59.2 Å². The van der Waals surface area contributed by atoms with Gasteiger partial charge < -0.3 is 10.1 Å². The quantitative estimate of drug-likeness (QED) is 0.710. The predicted octanol–water partition coefficient (Wildman–Crippen LogP) is 3.27. The van der Waals surface area contributed by atoms with Crippen LogP contribution in [0.2, 0.25) is 0 Å². The van der Waals surface area contributed by atoms with E-state index in [1.807, 2.05) is 19.9 Å². The highest BCUT2D eigenvalue weighted by Crippen LogP contribution is 2.22. The van der Waals surface area contributed by atoms with Crippen LogP contribution in [0.3, 0.4) is 0 Å². The van der Waals surface area contributed by atoms with Crippen LogP contribution in [-0.4, -0.2) is 44.3 Å². The second-order valence-electron chi connectivity index (χ2n) is 7.36. The zero-order valence-electron chi connectivity index (χ0n) is 17.2. The molecule has 0 unspecified atom stereocenters. The number of carbonyl (C=O) groups is 2. The van der Waals surface area contributed by atoms with Gasteiger partial charge in [0.25, 0.3) is 5.91 Å². The highest BCUT2D eigenvalue weighted by molar-refractivity contribution is 7.89. The molecular weight excluding hydrogens is 404 g/mol. The second-order valence-corrected chi connectivity index (χ2v) is 9.30.